The third kappa shape index (κ3) is 2.33. The van der Waals surface area contributed by atoms with Gasteiger partial charge in [-0.05, 0) is 35.3 Å². The summed E-state index contributed by atoms with van der Waals surface area (Å²) in [6.07, 6.45) is 3.84. The monoisotopic (exact) mass is 245 g/mol. The second kappa shape index (κ2) is 4.70. The fraction of sp³-hybridized carbons (Fsp3) is 0.647. The van der Waals surface area contributed by atoms with Gasteiger partial charge in [0.25, 0.3) is 0 Å². The molecule has 0 aliphatic heterocycles. The summed E-state index contributed by atoms with van der Waals surface area (Å²) in [6, 6.07) is 9.18. The normalized spacial score (nSPS) is 27.9. The van der Waals surface area contributed by atoms with Crippen LogP contribution in [0.4, 0.5) is 0 Å². The Bertz CT molecular complexity index is 391. The number of rotatable bonds is 3. The van der Waals surface area contributed by atoms with E-state index in [1.54, 1.807) is 0 Å². The third-order valence-electron chi connectivity index (χ3n) is 4.69. The Labute approximate surface area is 112 Å². The van der Waals surface area contributed by atoms with Gasteiger partial charge in [-0.3, -0.25) is 0 Å². The summed E-state index contributed by atoms with van der Waals surface area (Å²) in [5.74, 6) is 0.885. The number of benzene rings is 1. The molecule has 1 aliphatic carbocycles. The molecule has 1 saturated carbocycles. The molecule has 0 atom stereocenters. The predicted molar refractivity (Wildman–Crippen MR) is 78.9 cm³/mol. The highest BCUT2D eigenvalue weighted by Gasteiger charge is 2.43. The average molecular weight is 245 g/mol. The van der Waals surface area contributed by atoms with Crippen LogP contribution in [0.15, 0.2) is 24.3 Å². The summed E-state index contributed by atoms with van der Waals surface area (Å²) in [7, 11) is 0. The van der Waals surface area contributed by atoms with Gasteiger partial charge >= 0.3 is 0 Å². The fourth-order valence-electron chi connectivity index (χ4n) is 3.18. The minimum atomic E-state index is 0.236. The number of hydrogen-bond donors (Lipinski definition) is 1. The fourth-order valence-corrected chi connectivity index (χ4v) is 3.18. The first-order valence-electron chi connectivity index (χ1n) is 7.22. The van der Waals surface area contributed by atoms with Crippen molar-refractivity contribution in [3.63, 3.8) is 0 Å². The molecule has 0 heterocycles. The Kier molecular flexibility index (Phi) is 3.55. The first kappa shape index (κ1) is 13.6. The van der Waals surface area contributed by atoms with Crippen molar-refractivity contribution in [2.45, 2.75) is 57.8 Å². The second-order valence-corrected chi connectivity index (χ2v) is 6.99. The molecule has 100 valence electrons. The molecule has 0 spiro atoms. The lowest BCUT2D eigenvalue weighted by Gasteiger charge is -2.48. The molecule has 1 fully saturated rings. The van der Waals surface area contributed by atoms with E-state index in [0.29, 0.717) is 0 Å². The van der Waals surface area contributed by atoms with Crippen LogP contribution < -0.4 is 5.73 Å². The van der Waals surface area contributed by atoms with Crippen LogP contribution in [0.1, 0.15) is 58.1 Å². The highest BCUT2D eigenvalue weighted by Crippen LogP contribution is 2.48. The van der Waals surface area contributed by atoms with E-state index in [9.17, 15) is 0 Å². The van der Waals surface area contributed by atoms with Gasteiger partial charge in [0.2, 0.25) is 0 Å². The molecule has 1 aliphatic rings. The van der Waals surface area contributed by atoms with Gasteiger partial charge in [0.05, 0.1) is 0 Å². The molecule has 18 heavy (non-hydrogen) atoms. The van der Waals surface area contributed by atoms with E-state index >= 15 is 0 Å². The molecule has 0 aromatic heterocycles. The van der Waals surface area contributed by atoms with E-state index in [1.165, 1.54) is 30.4 Å². The summed E-state index contributed by atoms with van der Waals surface area (Å²) < 4.78 is 0. The molecule has 2 rings (SSSR count). The van der Waals surface area contributed by atoms with Crippen LogP contribution in [0.25, 0.3) is 0 Å². The lowest BCUT2D eigenvalue weighted by molar-refractivity contribution is 0.144. The minimum Gasteiger partial charge on any atom is -0.330 e. The Morgan fingerprint density at radius 2 is 1.72 bits per heavy atom. The summed E-state index contributed by atoms with van der Waals surface area (Å²) in [5.41, 5.74) is 9.41. The van der Waals surface area contributed by atoms with Crippen LogP contribution >= 0.6 is 0 Å². The number of nitrogens with two attached hydrogens (primary N) is 1. The first-order chi connectivity index (χ1) is 8.41. The Hall–Kier alpha value is -0.820. The van der Waals surface area contributed by atoms with Gasteiger partial charge in [0, 0.05) is 12.0 Å². The molecule has 0 bridgehead atoms. The minimum absolute atomic E-state index is 0.236. The van der Waals surface area contributed by atoms with E-state index in [4.69, 9.17) is 5.73 Å². The van der Waals surface area contributed by atoms with Crippen LogP contribution in [0.3, 0.4) is 0 Å². The van der Waals surface area contributed by atoms with E-state index in [0.717, 1.165) is 12.5 Å². The van der Waals surface area contributed by atoms with Gasteiger partial charge in [0.15, 0.2) is 0 Å². The van der Waals surface area contributed by atoms with Crippen molar-refractivity contribution in [1.82, 2.24) is 0 Å². The topological polar surface area (TPSA) is 26.0 Å². The average Bonchev–Trinajstić information content (AvgIpc) is 2.28. The Morgan fingerprint density at radius 1 is 1.17 bits per heavy atom. The standard InChI is InChI=1S/C17H27N/c1-5-13-10-17(11-13,12-18)15-8-6-14(7-9-15)16(2,3)4/h6-9,13H,5,10-12,18H2,1-4H3. The molecular weight excluding hydrogens is 218 g/mol. The van der Waals surface area contributed by atoms with Crippen molar-refractivity contribution in [2.24, 2.45) is 11.7 Å². The van der Waals surface area contributed by atoms with Crippen molar-refractivity contribution < 1.29 is 0 Å². The van der Waals surface area contributed by atoms with Crippen LogP contribution in [0, 0.1) is 5.92 Å². The van der Waals surface area contributed by atoms with Crippen molar-refractivity contribution in [3.05, 3.63) is 35.4 Å². The molecule has 2 N–H and O–H groups in total. The van der Waals surface area contributed by atoms with Gasteiger partial charge < -0.3 is 5.73 Å². The van der Waals surface area contributed by atoms with Crippen molar-refractivity contribution >= 4 is 0 Å². The lowest BCUT2D eigenvalue weighted by atomic mass is 9.58. The van der Waals surface area contributed by atoms with Gasteiger partial charge in [-0.1, -0.05) is 58.4 Å². The molecular formula is C17H27N. The zero-order valence-corrected chi connectivity index (χ0v) is 12.3. The van der Waals surface area contributed by atoms with E-state index in [2.05, 4.69) is 52.0 Å². The molecule has 1 aromatic carbocycles. The summed E-state index contributed by atoms with van der Waals surface area (Å²) in [6.45, 7) is 9.86. The quantitative estimate of drug-likeness (QED) is 0.856. The summed E-state index contributed by atoms with van der Waals surface area (Å²) in [4.78, 5) is 0. The smallest absolute Gasteiger partial charge is 0.00808 e. The summed E-state index contributed by atoms with van der Waals surface area (Å²) in [5, 5.41) is 0. The van der Waals surface area contributed by atoms with Gasteiger partial charge in [-0.25, -0.2) is 0 Å². The highest BCUT2D eigenvalue weighted by atomic mass is 14.6. The SMILES string of the molecule is CCC1CC(CN)(c2ccc(C(C)(C)C)cc2)C1. The van der Waals surface area contributed by atoms with Gasteiger partial charge in [-0.2, -0.15) is 0 Å². The maximum absolute atomic E-state index is 6.04. The van der Waals surface area contributed by atoms with Crippen LogP contribution in [0.5, 0.6) is 0 Å². The molecule has 0 unspecified atom stereocenters. The molecule has 1 aromatic rings. The largest absolute Gasteiger partial charge is 0.330 e. The van der Waals surface area contributed by atoms with Crippen molar-refractivity contribution in [3.8, 4) is 0 Å². The molecule has 0 saturated heterocycles. The molecule has 0 radical (unpaired) electrons. The Morgan fingerprint density at radius 3 is 2.11 bits per heavy atom. The van der Waals surface area contributed by atoms with Crippen molar-refractivity contribution in [1.29, 1.82) is 0 Å². The number of hydrogen-bond acceptors (Lipinski definition) is 1. The molecule has 1 nitrogen and oxygen atoms in total. The van der Waals surface area contributed by atoms with Crippen LogP contribution in [-0.2, 0) is 10.8 Å². The first-order valence-corrected chi connectivity index (χ1v) is 7.22. The third-order valence-corrected chi connectivity index (χ3v) is 4.69. The highest BCUT2D eigenvalue weighted by molar-refractivity contribution is 5.34. The van der Waals surface area contributed by atoms with E-state index in [-0.39, 0.29) is 10.8 Å². The van der Waals surface area contributed by atoms with Crippen LogP contribution in [-0.4, -0.2) is 6.54 Å². The van der Waals surface area contributed by atoms with E-state index < -0.39 is 0 Å². The maximum atomic E-state index is 6.04. The van der Waals surface area contributed by atoms with Gasteiger partial charge in [0.1, 0.15) is 0 Å². The predicted octanol–water partition coefficient (Wildman–Crippen LogP) is 4.00. The van der Waals surface area contributed by atoms with Crippen LogP contribution in [0.2, 0.25) is 0 Å². The molecule has 1 heteroatoms. The van der Waals surface area contributed by atoms with E-state index in [1.807, 2.05) is 0 Å². The zero-order chi connectivity index (χ0) is 13.4. The Balaban J connectivity index is 2.19. The second-order valence-electron chi connectivity index (χ2n) is 6.99. The maximum Gasteiger partial charge on any atom is 0.00808 e. The zero-order valence-electron chi connectivity index (χ0n) is 12.3. The lowest BCUT2D eigenvalue weighted by Crippen LogP contribution is -2.46. The molecule has 0 amide bonds. The summed E-state index contributed by atoms with van der Waals surface area (Å²) >= 11 is 0. The van der Waals surface area contributed by atoms with Crippen molar-refractivity contribution in [2.75, 3.05) is 6.54 Å². The van der Waals surface area contributed by atoms with Gasteiger partial charge in [-0.15, -0.1) is 0 Å².